The van der Waals surface area contributed by atoms with Crippen LogP contribution < -0.4 is 4.90 Å². The van der Waals surface area contributed by atoms with Gasteiger partial charge in [0.1, 0.15) is 0 Å². The molecule has 0 N–H and O–H groups in total. The first-order chi connectivity index (χ1) is 14.0. The number of benzene rings is 3. The second-order valence-corrected chi connectivity index (χ2v) is 7.59. The molecule has 0 aliphatic carbocycles. The van der Waals surface area contributed by atoms with Crippen LogP contribution in [0.15, 0.2) is 72.8 Å². The topological polar surface area (TPSA) is 63.5 Å². The molecule has 1 heterocycles. The molecule has 0 bridgehead atoms. The summed E-state index contributed by atoms with van der Waals surface area (Å²) in [5, 5.41) is 10.9. The van der Waals surface area contributed by atoms with E-state index in [4.69, 9.17) is 0 Å². The van der Waals surface area contributed by atoms with Crippen LogP contribution in [0, 0.1) is 17.0 Å². The number of nitro groups is 1. The zero-order valence-corrected chi connectivity index (χ0v) is 16.4. The maximum absolute atomic E-state index is 13.3. The highest BCUT2D eigenvalue weighted by atomic mass is 16.6. The van der Waals surface area contributed by atoms with E-state index in [-0.39, 0.29) is 23.6 Å². The van der Waals surface area contributed by atoms with Crippen molar-refractivity contribution in [1.29, 1.82) is 0 Å². The standard InChI is InChI=1S/C24H22N2O3/c1-16-8-13-23-22(14-16)21(18-6-4-3-5-7-18)15-17(2)25(23)24(27)19-9-11-20(12-10-19)26(28)29/h3-14,17,21H,15H2,1-2H3/t17-,21+/m0/s1. The third-order valence-electron chi connectivity index (χ3n) is 5.58. The van der Waals surface area contributed by atoms with Crippen LogP contribution in [0.2, 0.25) is 0 Å². The predicted molar refractivity (Wildman–Crippen MR) is 113 cm³/mol. The Labute approximate surface area is 169 Å². The number of nitrogens with zero attached hydrogens (tertiary/aromatic N) is 2. The SMILES string of the molecule is Cc1ccc2c(c1)[C@@H](c1ccccc1)C[C@H](C)N2C(=O)c1ccc([N+](=O)[O-])cc1. The van der Waals surface area contributed by atoms with Gasteiger partial charge in [-0.15, -0.1) is 0 Å². The number of nitro benzene ring substituents is 1. The van der Waals surface area contributed by atoms with Gasteiger partial charge < -0.3 is 4.90 Å². The van der Waals surface area contributed by atoms with Crippen molar-refractivity contribution in [2.24, 2.45) is 0 Å². The van der Waals surface area contributed by atoms with Gasteiger partial charge in [-0.25, -0.2) is 0 Å². The first-order valence-corrected chi connectivity index (χ1v) is 9.69. The Kier molecular flexibility index (Phi) is 4.89. The first-order valence-electron chi connectivity index (χ1n) is 9.69. The molecule has 5 nitrogen and oxygen atoms in total. The number of amides is 1. The minimum Gasteiger partial charge on any atom is -0.305 e. The lowest BCUT2D eigenvalue weighted by atomic mass is 9.80. The lowest BCUT2D eigenvalue weighted by molar-refractivity contribution is -0.384. The van der Waals surface area contributed by atoms with Crippen molar-refractivity contribution in [3.63, 3.8) is 0 Å². The summed E-state index contributed by atoms with van der Waals surface area (Å²) in [7, 11) is 0. The second kappa shape index (κ2) is 7.51. The van der Waals surface area contributed by atoms with Gasteiger partial charge in [0.15, 0.2) is 0 Å². The number of anilines is 1. The molecule has 2 atom stereocenters. The van der Waals surface area contributed by atoms with E-state index in [2.05, 4.69) is 32.0 Å². The smallest absolute Gasteiger partial charge is 0.269 e. The highest BCUT2D eigenvalue weighted by Gasteiger charge is 2.35. The Morgan fingerprint density at radius 3 is 2.38 bits per heavy atom. The van der Waals surface area contributed by atoms with Crippen LogP contribution in [0.25, 0.3) is 0 Å². The molecule has 0 saturated carbocycles. The molecule has 0 spiro atoms. The van der Waals surface area contributed by atoms with E-state index >= 15 is 0 Å². The molecule has 29 heavy (non-hydrogen) atoms. The minimum atomic E-state index is -0.458. The summed E-state index contributed by atoms with van der Waals surface area (Å²) in [6.07, 6.45) is 0.819. The minimum absolute atomic E-state index is 0.00176. The molecular weight excluding hydrogens is 364 g/mol. The number of carbonyl (C=O) groups is 1. The van der Waals surface area contributed by atoms with Gasteiger partial charge in [-0.2, -0.15) is 0 Å². The van der Waals surface area contributed by atoms with Crippen molar-refractivity contribution in [3.05, 3.63) is 105 Å². The highest BCUT2D eigenvalue weighted by Crippen LogP contribution is 2.43. The molecule has 4 rings (SSSR count). The van der Waals surface area contributed by atoms with Crippen LogP contribution in [0.5, 0.6) is 0 Å². The molecule has 0 radical (unpaired) electrons. The van der Waals surface area contributed by atoms with Crippen LogP contribution in [0.4, 0.5) is 11.4 Å². The quantitative estimate of drug-likeness (QED) is 0.443. The Balaban J connectivity index is 1.76. The fourth-order valence-electron chi connectivity index (χ4n) is 4.16. The molecule has 3 aromatic carbocycles. The molecule has 0 aromatic heterocycles. The van der Waals surface area contributed by atoms with Gasteiger partial charge in [0.05, 0.1) is 4.92 Å². The van der Waals surface area contributed by atoms with Crippen molar-refractivity contribution in [2.45, 2.75) is 32.2 Å². The van der Waals surface area contributed by atoms with E-state index in [1.807, 2.05) is 35.2 Å². The van der Waals surface area contributed by atoms with E-state index < -0.39 is 4.92 Å². The average Bonchev–Trinajstić information content (AvgIpc) is 2.73. The summed E-state index contributed by atoms with van der Waals surface area (Å²) in [5.41, 5.74) is 4.88. The fourth-order valence-corrected chi connectivity index (χ4v) is 4.16. The van der Waals surface area contributed by atoms with Gasteiger partial charge in [0, 0.05) is 35.3 Å². The molecule has 0 unspecified atom stereocenters. The molecule has 1 amide bonds. The molecule has 1 aliphatic heterocycles. The molecule has 0 fully saturated rings. The number of hydrogen-bond donors (Lipinski definition) is 0. The van der Waals surface area contributed by atoms with Gasteiger partial charge in [-0.05, 0) is 49.6 Å². The summed E-state index contributed by atoms with van der Waals surface area (Å²) in [6, 6.07) is 22.4. The van der Waals surface area contributed by atoms with Crippen LogP contribution in [0.3, 0.4) is 0 Å². The zero-order chi connectivity index (χ0) is 20.5. The largest absolute Gasteiger partial charge is 0.305 e. The van der Waals surface area contributed by atoms with Crippen LogP contribution >= 0.6 is 0 Å². The summed E-state index contributed by atoms with van der Waals surface area (Å²) in [5.74, 6) is 0.0889. The van der Waals surface area contributed by atoms with Crippen LogP contribution in [-0.4, -0.2) is 16.9 Å². The maximum atomic E-state index is 13.3. The van der Waals surface area contributed by atoms with Crippen molar-refractivity contribution < 1.29 is 9.72 Å². The second-order valence-electron chi connectivity index (χ2n) is 7.59. The lowest BCUT2D eigenvalue weighted by Gasteiger charge is -2.40. The van der Waals surface area contributed by atoms with E-state index in [0.29, 0.717) is 5.56 Å². The third-order valence-corrected chi connectivity index (χ3v) is 5.58. The number of aryl methyl sites for hydroxylation is 1. The van der Waals surface area contributed by atoms with E-state index in [1.165, 1.54) is 29.8 Å². The predicted octanol–water partition coefficient (Wildman–Crippen LogP) is 5.47. The van der Waals surface area contributed by atoms with Gasteiger partial charge in [-0.1, -0.05) is 48.0 Å². The monoisotopic (exact) mass is 386 g/mol. The van der Waals surface area contributed by atoms with Crippen molar-refractivity contribution in [3.8, 4) is 0 Å². The van der Waals surface area contributed by atoms with E-state index in [9.17, 15) is 14.9 Å². The molecular formula is C24H22N2O3. The van der Waals surface area contributed by atoms with E-state index in [1.54, 1.807) is 0 Å². The van der Waals surface area contributed by atoms with E-state index in [0.717, 1.165) is 23.2 Å². The molecule has 3 aromatic rings. The Hall–Kier alpha value is -3.47. The number of carbonyl (C=O) groups excluding carboxylic acids is 1. The number of hydrogen-bond acceptors (Lipinski definition) is 3. The van der Waals surface area contributed by atoms with Gasteiger partial charge in [0.25, 0.3) is 11.6 Å². The van der Waals surface area contributed by atoms with Crippen molar-refractivity contribution in [2.75, 3.05) is 4.90 Å². The summed E-state index contributed by atoms with van der Waals surface area (Å²) in [4.78, 5) is 25.6. The fraction of sp³-hybridized carbons (Fsp3) is 0.208. The maximum Gasteiger partial charge on any atom is 0.269 e. The van der Waals surface area contributed by atoms with Crippen molar-refractivity contribution >= 4 is 17.3 Å². The summed E-state index contributed by atoms with van der Waals surface area (Å²) < 4.78 is 0. The van der Waals surface area contributed by atoms with Gasteiger partial charge in [-0.3, -0.25) is 14.9 Å². The molecule has 146 valence electrons. The first kappa shape index (κ1) is 18.9. The Bertz CT molecular complexity index is 1060. The number of fused-ring (bicyclic) bond motifs is 1. The summed E-state index contributed by atoms with van der Waals surface area (Å²) in [6.45, 7) is 4.12. The van der Waals surface area contributed by atoms with Gasteiger partial charge in [0.2, 0.25) is 0 Å². The van der Waals surface area contributed by atoms with Crippen molar-refractivity contribution in [1.82, 2.24) is 0 Å². The van der Waals surface area contributed by atoms with Gasteiger partial charge >= 0.3 is 0 Å². The Morgan fingerprint density at radius 1 is 1.03 bits per heavy atom. The zero-order valence-electron chi connectivity index (χ0n) is 16.4. The lowest BCUT2D eigenvalue weighted by Crippen LogP contribution is -2.43. The molecule has 5 heteroatoms. The average molecular weight is 386 g/mol. The highest BCUT2D eigenvalue weighted by molar-refractivity contribution is 6.07. The normalized spacial score (nSPS) is 18.2. The summed E-state index contributed by atoms with van der Waals surface area (Å²) >= 11 is 0. The number of non-ortho nitro benzene ring substituents is 1. The molecule has 0 saturated heterocycles. The molecule has 1 aliphatic rings. The van der Waals surface area contributed by atoms with Crippen LogP contribution in [-0.2, 0) is 0 Å². The number of rotatable bonds is 3. The Morgan fingerprint density at radius 2 is 1.72 bits per heavy atom. The third kappa shape index (κ3) is 3.51. The van der Waals surface area contributed by atoms with Crippen LogP contribution in [0.1, 0.15) is 46.3 Å².